The number of fused-ring (bicyclic) bond motifs is 3. The van der Waals surface area contributed by atoms with Crippen LogP contribution in [0.3, 0.4) is 0 Å². The highest BCUT2D eigenvalue weighted by molar-refractivity contribution is 7.19. The van der Waals surface area contributed by atoms with Crippen LogP contribution < -0.4 is 4.74 Å². The van der Waals surface area contributed by atoms with E-state index in [4.69, 9.17) is 9.47 Å². The molecule has 1 fully saturated rings. The number of aromatic nitrogens is 2. The first kappa shape index (κ1) is 26.2. The van der Waals surface area contributed by atoms with E-state index in [1.807, 2.05) is 59.9 Å². The number of aliphatic hydroxyl groups is 1. The quantitative estimate of drug-likeness (QED) is 0.241. The molecule has 1 amide bonds. The lowest BCUT2D eigenvalue weighted by Crippen LogP contribution is -2.43. The molecule has 0 saturated carbocycles. The minimum Gasteiger partial charge on any atom is -0.503 e. The predicted molar refractivity (Wildman–Crippen MR) is 153 cm³/mol. The van der Waals surface area contributed by atoms with Crippen molar-refractivity contribution in [2.24, 2.45) is 0 Å². The lowest BCUT2D eigenvalue weighted by Gasteiger charge is -2.31. The number of hydrogen-bond acceptors (Lipinski definition) is 8. The number of carbonyl (C=O) groups is 2. The fourth-order valence-electron chi connectivity index (χ4n) is 5.46. The molecular formula is C30H30N4O5S. The molecule has 0 radical (unpaired) electrons. The van der Waals surface area contributed by atoms with Crippen LogP contribution in [-0.2, 0) is 9.53 Å². The van der Waals surface area contributed by atoms with Crippen LogP contribution in [0.1, 0.15) is 27.0 Å². The third-order valence-electron chi connectivity index (χ3n) is 7.44. The molecule has 2 aliphatic rings. The Morgan fingerprint density at radius 3 is 2.80 bits per heavy atom. The molecule has 2 aliphatic heterocycles. The number of Topliss-reactive ketones (excluding diaryl/α,β-unsaturated/α-hetero) is 1. The highest BCUT2D eigenvalue weighted by Gasteiger charge is 2.44. The number of benzene rings is 2. The number of para-hydroxylation sites is 2. The zero-order valence-electron chi connectivity index (χ0n) is 22.2. The molecular weight excluding hydrogens is 528 g/mol. The molecule has 1 atom stereocenters. The molecule has 1 N–H and O–H groups in total. The molecule has 4 aromatic rings. The lowest BCUT2D eigenvalue weighted by molar-refractivity contribution is -0.129. The molecule has 9 nitrogen and oxygen atoms in total. The van der Waals surface area contributed by atoms with Gasteiger partial charge in [0, 0.05) is 31.9 Å². The average Bonchev–Trinajstić information content (AvgIpc) is 3.59. The van der Waals surface area contributed by atoms with E-state index in [-0.39, 0.29) is 11.4 Å². The lowest BCUT2D eigenvalue weighted by atomic mass is 9.95. The van der Waals surface area contributed by atoms with Gasteiger partial charge in [0.25, 0.3) is 5.91 Å². The third kappa shape index (κ3) is 4.57. The van der Waals surface area contributed by atoms with Crippen LogP contribution >= 0.6 is 11.3 Å². The van der Waals surface area contributed by atoms with Gasteiger partial charge in [0.2, 0.25) is 5.78 Å². The number of thiazole rings is 1. The summed E-state index contributed by atoms with van der Waals surface area (Å²) in [6.45, 7) is 9.66. The van der Waals surface area contributed by atoms with Crippen molar-refractivity contribution in [2.75, 3.05) is 46.0 Å². The highest BCUT2D eigenvalue weighted by Crippen LogP contribution is 2.41. The zero-order valence-corrected chi connectivity index (χ0v) is 23.0. The van der Waals surface area contributed by atoms with Gasteiger partial charge in [0.1, 0.15) is 12.4 Å². The fraction of sp³-hybridized carbons (Fsp3) is 0.300. The van der Waals surface area contributed by atoms with Gasteiger partial charge in [0.05, 0.1) is 40.7 Å². The normalized spacial score (nSPS) is 18.3. The van der Waals surface area contributed by atoms with Crippen molar-refractivity contribution in [1.29, 1.82) is 0 Å². The van der Waals surface area contributed by atoms with Crippen LogP contribution in [0.15, 0.2) is 72.5 Å². The Bertz CT molecular complexity index is 1650. The molecule has 0 spiro atoms. The summed E-state index contributed by atoms with van der Waals surface area (Å²) in [6, 6.07) is 14.3. The van der Waals surface area contributed by atoms with Crippen molar-refractivity contribution in [2.45, 2.75) is 13.0 Å². The Kier molecular flexibility index (Phi) is 7.14. The second kappa shape index (κ2) is 10.9. The SMILES string of the molecule is C=CCOc1cccc(C2C(C(=O)c3sc4nc5ccccc5n4c3C)=C(O)C(=O)N2CCN2CCOCC2)c1. The molecule has 0 aliphatic carbocycles. The molecule has 10 heteroatoms. The van der Waals surface area contributed by atoms with Crippen LogP contribution in [-0.4, -0.2) is 82.0 Å². The van der Waals surface area contributed by atoms with E-state index in [1.54, 1.807) is 11.0 Å². The number of nitrogens with zero attached hydrogens (tertiary/aromatic N) is 4. The topological polar surface area (TPSA) is 96.6 Å². The second-order valence-electron chi connectivity index (χ2n) is 9.85. The van der Waals surface area contributed by atoms with E-state index in [9.17, 15) is 14.7 Å². The van der Waals surface area contributed by atoms with Crippen LogP contribution in [0, 0.1) is 6.92 Å². The fourth-order valence-corrected chi connectivity index (χ4v) is 6.56. The summed E-state index contributed by atoms with van der Waals surface area (Å²) in [5, 5.41) is 11.2. The third-order valence-corrected chi connectivity index (χ3v) is 8.59. The van der Waals surface area contributed by atoms with Gasteiger partial charge >= 0.3 is 0 Å². The Morgan fingerprint density at radius 1 is 1.20 bits per heavy atom. The average molecular weight is 559 g/mol. The van der Waals surface area contributed by atoms with E-state index in [1.165, 1.54) is 11.3 Å². The van der Waals surface area contributed by atoms with E-state index in [0.717, 1.165) is 29.8 Å². The smallest absolute Gasteiger partial charge is 0.290 e. The summed E-state index contributed by atoms with van der Waals surface area (Å²) in [4.78, 5) is 37.4. The number of ether oxygens (including phenoxy) is 2. The summed E-state index contributed by atoms with van der Waals surface area (Å²) in [5.41, 5.74) is 3.23. The van der Waals surface area contributed by atoms with Gasteiger partial charge in [-0.2, -0.15) is 0 Å². The van der Waals surface area contributed by atoms with Gasteiger partial charge in [-0.05, 0) is 36.8 Å². The zero-order chi connectivity index (χ0) is 27.8. The number of morpholine rings is 1. The van der Waals surface area contributed by atoms with Crippen molar-refractivity contribution in [3.8, 4) is 5.75 Å². The van der Waals surface area contributed by atoms with Crippen LogP contribution in [0.25, 0.3) is 16.0 Å². The number of aliphatic hydroxyl groups excluding tert-OH is 1. The minimum absolute atomic E-state index is 0.0738. The summed E-state index contributed by atoms with van der Waals surface area (Å²) in [6.07, 6.45) is 1.65. The van der Waals surface area contributed by atoms with Gasteiger partial charge in [-0.15, -0.1) is 0 Å². The Hall–Kier alpha value is -3.99. The highest BCUT2D eigenvalue weighted by atomic mass is 32.1. The maximum atomic E-state index is 14.2. The maximum Gasteiger partial charge on any atom is 0.290 e. The van der Waals surface area contributed by atoms with Gasteiger partial charge in [-0.1, -0.05) is 48.3 Å². The predicted octanol–water partition coefficient (Wildman–Crippen LogP) is 4.33. The molecule has 0 bridgehead atoms. The monoisotopic (exact) mass is 558 g/mol. The summed E-state index contributed by atoms with van der Waals surface area (Å²) < 4.78 is 13.2. The number of amides is 1. The van der Waals surface area contributed by atoms with Crippen LogP contribution in [0.4, 0.5) is 0 Å². The number of aryl methyl sites for hydroxylation is 1. The standard InChI is InChI=1S/C30H30N4O5S/c1-3-15-39-21-8-6-7-20(18-21)25-24(27(36)29(37)33(25)12-11-32-13-16-38-17-14-32)26(35)28-19(2)34-23-10-5-4-9-22(23)31-30(34)40-28/h3-10,18,25,36H,1,11-17H2,2H3. The number of rotatable bonds is 9. The van der Waals surface area contributed by atoms with Crippen molar-refractivity contribution in [3.63, 3.8) is 0 Å². The van der Waals surface area contributed by atoms with E-state index >= 15 is 0 Å². The largest absolute Gasteiger partial charge is 0.503 e. The Morgan fingerprint density at radius 2 is 2.00 bits per heavy atom. The van der Waals surface area contributed by atoms with Crippen LogP contribution in [0.5, 0.6) is 5.75 Å². The first-order chi connectivity index (χ1) is 19.5. The van der Waals surface area contributed by atoms with Crippen molar-refractivity contribution in [3.05, 3.63) is 88.7 Å². The number of imidazole rings is 1. The van der Waals surface area contributed by atoms with E-state index < -0.39 is 17.7 Å². The molecule has 1 unspecified atom stereocenters. The van der Waals surface area contributed by atoms with Gasteiger partial charge in [-0.3, -0.25) is 18.9 Å². The van der Waals surface area contributed by atoms with Gasteiger partial charge < -0.3 is 19.5 Å². The Labute approximate surface area is 235 Å². The number of carbonyl (C=O) groups excluding carboxylic acids is 2. The molecule has 1 saturated heterocycles. The minimum atomic E-state index is -0.765. The molecule has 6 rings (SSSR count). The van der Waals surface area contributed by atoms with Crippen molar-refractivity contribution < 1.29 is 24.2 Å². The first-order valence-corrected chi connectivity index (χ1v) is 14.1. The molecule has 40 heavy (non-hydrogen) atoms. The summed E-state index contributed by atoms with van der Waals surface area (Å²) >= 11 is 1.27. The first-order valence-electron chi connectivity index (χ1n) is 13.3. The van der Waals surface area contributed by atoms with Crippen molar-refractivity contribution in [1.82, 2.24) is 19.2 Å². The van der Waals surface area contributed by atoms with Crippen molar-refractivity contribution >= 4 is 39.0 Å². The number of ketones is 1. The van der Waals surface area contributed by atoms with E-state index in [0.29, 0.717) is 54.1 Å². The summed E-state index contributed by atoms with van der Waals surface area (Å²) in [5.74, 6) is -0.847. The summed E-state index contributed by atoms with van der Waals surface area (Å²) in [7, 11) is 0. The molecule has 4 heterocycles. The van der Waals surface area contributed by atoms with E-state index in [2.05, 4.69) is 16.5 Å². The molecule has 2 aromatic heterocycles. The van der Waals surface area contributed by atoms with Crippen LogP contribution in [0.2, 0.25) is 0 Å². The van der Waals surface area contributed by atoms with Gasteiger partial charge in [-0.25, -0.2) is 4.98 Å². The Balaban J connectivity index is 1.40. The maximum absolute atomic E-state index is 14.2. The number of hydrogen-bond donors (Lipinski definition) is 1. The van der Waals surface area contributed by atoms with Gasteiger partial charge in [0.15, 0.2) is 10.7 Å². The second-order valence-corrected chi connectivity index (χ2v) is 10.8. The molecule has 206 valence electrons. The molecule has 2 aromatic carbocycles.